The molecule has 0 atom stereocenters. The zero-order valence-corrected chi connectivity index (χ0v) is 31.1. The summed E-state index contributed by atoms with van der Waals surface area (Å²) >= 11 is 0. The van der Waals surface area contributed by atoms with Crippen LogP contribution in [0.2, 0.25) is 44.3 Å². The highest BCUT2D eigenvalue weighted by atomic mass is 35.5. The van der Waals surface area contributed by atoms with Crippen LogP contribution in [0.1, 0.15) is 111 Å². The van der Waals surface area contributed by atoms with Crippen molar-refractivity contribution >= 4 is 61.0 Å². The van der Waals surface area contributed by atoms with Crippen LogP contribution in [-0.2, 0) is 8.23 Å². The third kappa shape index (κ3) is 11.9. The lowest BCUT2D eigenvalue weighted by Crippen LogP contribution is -2.48. The molecule has 0 spiro atoms. The SMILES string of the molecule is CC(C)[SiH2]O[Si](C(C)C)(C(C)C)C(C)C.CC(C)[SiH2]O[Si](C(C)C)(C(C)C)C(C)C.Cl.Cl. The Bertz CT molecular complexity index is 360. The maximum atomic E-state index is 6.55. The van der Waals surface area contributed by atoms with Gasteiger partial charge in [0.25, 0.3) is 0 Å². The van der Waals surface area contributed by atoms with Crippen molar-refractivity contribution in [2.45, 2.75) is 155 Å². The molecule has 0 amide bonds. The van der Waals surface area contributed by atoms with Gasteiger partial charge >= 0.3 is 0 Å². The molecule has 0 unspecified atom stereocenters. The fourth-order valence-corrected chi connectivity index (χ4v) is 26.6. The van der Waals surface area contributed by atoms with Gasteiger partial charge in [0.15, 0.2) is 16.6 Å². The highest BCUT2D eigenvalue weighted by Gasteiger charge is 2.45. The molecule has 0 radical (unpaired) electrons. The zero-order chi connectivity index (χ0) is 24.4. The van der Waals surface area contributed by atoms with Crippen LogP contribution in [-0.4, -0.2) is 36.2 Å². The molecule has 2 nitrogen and oxygen atoms in total. The molecule has 32 heavy (non-hydrogen) atoms. The predicted octanol–water partition coefficient (Wildman–Crippen LogP) is 9.02. The summed E-state index contributed by atoms with van der Waals surface area (Å²) in [5.41, 5.74) is 6.01. The highest BCUT2D eigenvalue weighted by molar-refractivity contribution is 6.81. The van der Waals surface area contributed by atoms with E-state index in [0.29, 0.717) is 0 Å². The Hall–Kier alpha value is 1.37. The molecule has 0 aliphatic rings. The first-order chi connectivity index (χ1) is 13.5. The Labute approximate surface area is 223 Å². The van der Waals surface area contributed by atoms with Gasteiger partial charge in [-0.1, -0.05) is 111 Å². The molecule has 0 rings (SSSR count). The van der Waals surface area contributed by atoms with Gasteiger partial charge in [0.05, 0.1) is 0 Å². The van der Waals surface area contributed by atoms with Crippen LogP contribution >= 0.6 is 24.8 Å². The van der Waals surface area contributed by atoms with E-state index in [1.54, 1.807) is 0 Å². The number of hydrogen-bond donors (Lipinski definition) is 0. The van der Waals surface area contributed by atoms with Gasteiger partial charge in [0.2, 0.25) is 0 Å². The van der Waals surface area contributed by atoms with Crippen LogP contribution in [0.3, 0.4) is 0 Å². The lowest BCUT2D eigenvalue weighted by atomic mass is 10.5. The Morgan fingerprint density at radius 1 is 0.375 bits per heavy atom. The van der Waals surface area contributed by atoms with Crippen LogP contribution in [0.15, 0.2) is 0 Å². The molecule has 0 fully saturated rings. The average molecular weight is 566 g/mol. The lowest BCUT2D eigenvalue weighted by Gasteiger charge is -2.43. The van der Waals surface area contributed by atoms with Gasteiger partial charge in [-0.05, 0) is 44.3 Å². The second-order valence-corrected chi connectivity index (χ2v) is 28.6. The summed E-state index contributed by atoms with van der Waals surface area (Å²) in [7, 11) is -3.71. The molecule has 0 aromatic heterocycles. The van der Waals surface area contributed by atoms with Crippen molar-refractivity contribution in [2.75, 3.05) is 0 Å². The van der Waals surface area contributed by atoms with Gasteiger partial charge in [-0.3, -0.25) is 0 Å². The fourth-order valence-electron chi connectivity index (χ4n) is 5.62. The first-order valence-corrected chi connectivity index (χ1v) is 19.8. The van der Waals surface area contributed by atoms with Crippen molar-refractivity contribution in [3.8, 4) is 0 Å². The van der Waals surface area contributed by atoms with E-state index in [2.05, 4.69) is 111 Å². The standard InChI is InChI=1S/2C12H30OSi2.2ClH/c2*1-9(2)14-13-15(10(3)4,11(5)6)12(7)8;;/h2*9-12H,14H2,1-8H3;2*1H. The third-order valence-electron chi connectivity index (χ3n) is 6.75. The minimum atomic E-state index is -1.53. The maximum absolute atomic E-state index is 6.55. The van der Waals surface area contributed by atoms with E-state index in [1.165, 1.54) is 0 Å². The first-order valence-electron chi connectivity index (χ1n) is 12.8. The summed E-state index contributed by atoms with van der Waals surface area (Å²) in [6.07, 6.45) is 0. The molecule has 0 heterocycles. The fraction of sp³-hybridized carbons (Fsp3) is 1.00. The van der Waals surface area contributed by atoms with Gasteiger partial charge in [-0.2, -0.15) is 0 Å². The van der Waals surface area contributed by atoms with Gasteiger partial charge in [-0.15, -0.1) is 24.8 Å². The zero-order valence-electron chi connectivity index (χ0n) is 24.7. The molecule has 0 bridgehead atoms. The summed E-state index contributed by atoms with van der Waals surface area (Å²) in [5, 5.41) is 0. The minimum Gasteiger partial charge on any atom is -0.459 e. The van der Waals surface area contributed by atoms with E-state index in [4.69, 9.17) is 8.23 Å². The van der Waals surface area contributed by atoms with Gasteiger partial charge in [0.1, 0.15) is 19.5 Å². The monoisotopic (exact) mass is 564 g/mol. The van der Waals surface area contributed by atoms with Crippen LogP contribution in [0.25, 0.3) is 0 Å². The summed E-state index contributed by atoms with van der Waals surface area (Å²) in [6, 6.07) is 0. The van der Waals surface area contributed by atoms with Crippen molar-refractivity contribution in [3.63, 3.8) is 0 Å². The van der Waals surface area contributed by atoms with E-state index in [0.717, 1.165) is 44.3 Å². The van der Waals surface area contributed by atoms with Crippen molar-refractivity contribution in [3.05, 3.63) is 0 Å². The molecule has 0 saturated carbocycles. The van der Waals surface area contributed by atoms with Gasteiger partial charge < -0.3 is 8.23 Å². The van der Waals surface area contributed by atoms with Gasteiger partial charge in [-0.25, -0.2) is 0 Å². The number of hydrogen-bond acceptors (Lipinski definition) is 2. The molecule has 0 N–H and O–H groups in total. The van der Waals surface area contributed by atoms with Crippen molar-refractivity contribution in [1.29, 1.82) is 0 Å². The topological polar surface area (TPSA) is 18.5 Å². The highest BCUT2D eigenvalue weighted by Crippen LogP contribution is 2.43. The molecule has 0 aromatic rings. The Balaban J connectivity index is -0.000000231. The molecule has 8 heteroatoms. The van der Waals surface area contributed by atoms with Crippen LogP contribution < -0.4 is 0 Å². The van der Waals surface area contributed by atoms with E-state index in [9.17, 15) is 0 Å². The summed E-state index contributed by atoms with van der Waals surface area (Å²) in [5.74, 6) is 0. The number of rotatable bonds is 12. The lowest BCUT2D eigenvalue weighted by molar-refractivity contribution is 0.497. The Kier molecular flexibility index (Phi) is 23.6. The average Bonchev–Trinajstić information content (AvgIpc) is 2.53. The second kappa shape index (κ2) is 18.6. The third-order valence-corrected chi connectivity index (χ3v) is 24.2. The molecular formula is C24H62Cl2O2Si4. The normalized spacial score (nSPS) is 13.5. The minimum absolute atomic E-state index is 0. The molecular weight excluding hydrogens is 504 g/mol. The summed E-state index contributed by atoms with van der Waals surface area (Å²) in [4.78, 5) is 0. The Morgan fingerprint density at radius 3 is 0.625 bits per heavy atom. The summed E-state index contributed by atoms with van der Waals surface area (Å²) < 4.78 is 13.1. The van der Waals surface area contributed by atoms with E-state index >= 15 is 0 Å². The van der Waals surface area contributed by atoms with Crippen molar-refractivity contribution in [1.82, 2.24) is 0 Å². The van der Waals surface area contributed by atoms with E-state index < -0.39 is 16.6 Å². The largest absolute Gasteiger partial charge is 0.459 e. The molecule has 0 aromatic carbocycles. The number of halogens is 2. The van der Waals surface area contributed by atoms with Crippen LogP contribution in [0.5, 0.6) is 0 Å². The molecule has 0 aliphatic heterocycles. The first kappa shape index (κ1) is 40.5. The molecule has 200 valence electrons. The van der Waals surface area contributed by atoms with E-state index in [-0.39, 0.29) is 44.3 Å². The smallest absolute Gasteiger partial charge is 0.187 e. The molecule has 0 saturated heterocycles. The summed E-state index contributed by atoms with van der Waals surface area (Å²) in [6.45, 7) is 37.5. The predicted molar refractivity (Wildman–Crippen MR) is 166 cm³/mol. The molecule has 0 aliphatic carbocycles. The van der Waals surface area contributed by atoms with Gasteiger partial charge in [0, 0.05) is 0 Å². The van der Waals surface area contributed by atoms with Crippen LogP contribution in [0, 0.1) is 0 Å². The Morgan fingerprint density at radius 2 is 0.531 bits per heavy atom. The van der Waals surface area contributed by atoms with Crippen molar-refractivity contribution < 1.29 is 8.23 Å². The van der Waals surface area contributed by atoms with E-state index in [1.807, 2.05) is 0 Å². The quantitative estimate of drug-likeness (QED) is 0.220. The maximum Gasteiger partial charge on any atom is 0.187 e. The second-order valence-electron chi connectivity index (χ2n) is 12.0. The van der Waals surface area contributed by atoms with Crippen molar-refractivity contribution in [2.24, 2.45) is 0 Å². The van der Waals surface area contributed by atoms with Crippen LogP contribution in [0.4, 0.5) is 0 Å².